The van der Waals surface area contributed by atoms with Crippen LogP contribution in [0.4, 0.5) is 13.2 Å². The minimum atomic E-state index is -1.62. The van der Waals surface area contributed by atoms with Crippen LogP contribution in [0, 0.1) is 17.5 Å². The van der Waals surface area contributed by atoms with Crippen molar-refractivity contribution in [1.29, 1.82) is 0 Å². The summed E-state index contributed by atoms with van der Waals surface area (Å²) in [5.41, 5.74) is -1.37. The molecule has 4 nitrogen and oxygen atoms in total. The Bertz CT molecular complexity index is 466. The molecule has 0 aliphatic carbocycles. The molecule has 0 aromatic heterocycles. The first-order chi connectivity index (χ1) is 8.41. The Morgan fingerprint density at radius 1 is 1.33 bits per heavy atom. The van der Waals surface area contributed by atoms with Gasteiger partial charge in [-0.05, 0) is 12.1 Å². The lowest BCUT2D eigenvalue weighted by atomic mass is 9.97. The van der Waals surface area contributed by atoms with Crippen molar-refractivity contribution in [3.05, 3.63) is 35.1 Å². The number of hydrogen-bond acceptors (Lipinski definition) is 3. The van der Waals surface area contributed by atoms with E-state index in [4.69, 9.17) is 0 Å². The normalized spacial score (nSPS) is 17.1. The predicted octanol–water partition coefficient (Wildman–Crippen LogP) is 0.168. The minimum absolute atomic E-state index is 0.0422. The van der Waals surface area contributed by atoms with Crippen LogP contribution in [0.5, 0.6) is 0 Å². The van der Waals surface area contributed by atoms with Gasteiger partial charge in [-0.2, -0.15) is 0 Å². The van der Waals surface area contributed by atoms with Gasteiger partial charge < -0.3 is 15.7 Å². The Morgan fingerprint density at radius 3 is 2.33 bits per heavy atom. The zero-order chi connectivity index (χ0) is 13.3. The highest BCUT2D eigenvalue weighted by molar-refractivity contribution is 5.94. The summed E-state index contributed by atoms with van der Waals surface area (Å²) in [5.74, 6) is -5.24. The quantitative estimate of drug-likeness (QED) is 0.679. The first-order valence-electron chi connectivity index (χ1n) is 5.27. The van der Waals surface area contributed by atoms with E-state index >= 15 is 0 Å². The second kappa shape index (κ2) is 4.58. The van der Waals surface area contributed by atoms with E-state index in [0.29, 0.717) is 25.2 Å². The summed E-state index contributed by atoms with van der Waals surface area (Å²) in [7, 11) is 0. The van der Waals surface area contributed by atoms with Crippen LogP contribution in [-0.2, 0) is 0 Å². The molecule has 0 radical (unpaired) electrons. The number of hydrogen-bond donors (Lipinski definition) is 3. The molecule has 7 heteroatoms. The topological polar surface area (TPSA) is 61.4 Å². The van der Waals surface area contributed by atoms with E-state index in [2.05, 4.69) is 10.6 Å². The van der Waals surface area contributed by atoms with Crippen LogP contribution in [0.2, 0.25) is 0 Å². The molecule has 1 heterocycles. The maximum atomic E-state index is 12.9. The van der Waals surface area contributed by atoms with Gasteiger partial charge in [0.05, 0.1) is 0 Å². The van der Waals surface area contributed by atoms with Crippen LogP contribution in [0.15, 0.2) is 12.1 Å². The third-order valence-electron chi connectivity index (χ3n) is 2.73. The Hall–Kier alpha value is -1.60. The smallest absolute Gasteiger partial charge is 0.251 e. The van der Waals surface area contributed by atoms with Crippen molar-refractivity contribution < 1.29 is 23.1 Å². The third kappa shape index (κ3) is 2.46. The molecule has 1 amide bonds. The average molecular weight is 260 g/mol. The highest BCUT2D eigenvalue weighted by Gasteiger charge is 2.34. The minimum Gasteiger partial charge on any atom is -0.385 e. The number of rotatable bonds is 3. The summed E-state index contributed by atoms with van der Waals surface area (Å²) < 4.78 is 38.5. The summed E-state index contributed by atoms with van der Waals surface area (Å²) in [6.07, 6.45) is 0. The van der Waals surface area contributed by atoms with Gasteiger partial charge in [0.1, 0.15) is 5.60 Å². The fourth-order valence-corrected chi connectivity index (χ4v) is 1.57. The van der Waals surface area contributed by atoms with Crippen molar-refractivity contribution in [1.82, 2.24) is 10.6 Å². The first kappa shape index (κ1) is 12.8. The van der Waals surface area contributed by atoms with E-state index < -0.39 is 29.0 Å². The van der Waals surface area contributed by atoms with Gasteiger partial charge in [0.15, 0.2) is 17.5 Å². The largest absolute Gasteiger partial charge is 0.385 e. The molecule has 2 rings (SSSR count). The Kier molecular flexibility index (Phi) is 3.27. The van der Waals surface area contributed by atoms with E-state index in [1.807, 2.05) is 0 Å². The predicted molar refractivity (Wildman–Crippen MR) is 56.5 cm³/mol. The Morgan fingerprint density at radius 2 is 1.89 bits per heavy atom. The molecule has 0 spiro atoms. The van der Waals surface area contributed by atoms with E-state index in [1.54, 1.807) is 0 Å². The Balaban J connectivity index is 2.05. The number of β-amino-alcohol motifs (C(OH)–C–C–N with tert-alkyl or cyclic N) is 1. The number of halogens is 3. The van der Waals surface area contributed by atoms with Gasteiger partial charge >= 0.3 is 0 Å². The van der Waals surface area contributed by atoms with Crippen molar-refractivity contribution in [3.8, 4) is 0 Å². The van der Waals surface area contributed by atoms with Gasteiger partial charge in [-0.25, -0.2) is 13.2 Å². The Labute approximate surface area is 101 Å². The molecule has 3 N–H and O–H groups in total. The number of aliphatic hydroxyl groups is 1. The van der Waals surface area contributed by atoms with E-state index in [-0.39, 0.29) is 12.1 Å². The van der Waals surface area contributed by atoms with Crippen LogP contribution in [0.25, 0.3) is 0 Å². The lowest BCUT2D eigenvalue weighted by molar-refractivity contribution is -0.00760. The number of carbonyl (C=O) groups is 1. The van der Waals surface area contributed by atoms with Gasteiger partial charge in [0, 0.05) is 25.2 Å². The molecular formula is C11H11F3N2O2. The molecule has 1 aromatic rings. The highest BCUT2D eigenvalue weighted by Crippen LogP contribution is 2.14. The van der Waals surface area contributed by atoms with Crippen molar-refractivity contribution in [2.75, 3.05) is 19.6 Å². The maximum Gasteiger partial charge on any atom is 0.251 e. The molecule has 18 heavy (non-hydrogen) atoms. The molecule has 1 aromatic carbocycles. The summed E-state index contributed by atoms with van der Waals surface area (Å²) in [4.78, 5) is 11.5. The first-order valence-corrected chi connectivity index (χ1v) is 5.27. The van der Waals surface area contributed by atoms with Crippen molar-refractivity contribution in [2.45, 2.75) is 5.60 Å². The molecule has 1 fully saturated rings. The second-order valence-corrected chi connectivity index (χ2v) is 4.26. The molecule has 0 unspecified atom stereocenters. The van der Waals surface area contributed by atoms with E-state index in [0.717, 1.165) is 0 Å². The number of carbonyl (C=O) groups excluding carboxylic acids is 1. The lowest BCUT2D eigenvalue weighted by Crippen LogP contribution is -2.64. The SMILES string of the molecule is O=C(NCC1(O)CNC1)c1cc(F)c(F)c(F)c1. The lowest BCUT2D eigenvalue weighted by Gasteiger charge is -2.37. The standard InChI is InChI=1S/C11H11F3N2O2/c12-7-1-6(2-8(13)9(7)14)10(17)16-5-11(18)3-15-4-11/h1-2,15,18H,3-5H2,(H,16,17). The zero-order valence-electron chi connectivity index (χ0n) is 9.27. The third-order valence-corrected chi connectivity index (χ3v) is 2.73. The molecule has 98 valence electrons. The van der Waals surface area contributed by atoms with Gasteiger partial charge in [-0.15, -0.1) is 0 Å². The molecule has 0 saturated carbocycles. The molecule has 1 aliphatic rings. The maximum absolute atomic E-state index is 12.9. The van der Waals surface area contributed by atoms with Gasteiger partial charge in [0.2, 0.25) is 0 Å². The molecular weight excluding hydrogens is 249 g/mol. The number of amides is 1. The van der Waals surface area contributed by atoms with E-state index in [9.17, 15) is 23.1 Å². The van der Waals surface area contributed by atoms with Crippen LogP contribution in [0.3, 0.4) is 0 Å². The average Bonchev–Trinajstić information content (AvgIpc) is 2.30. The van der Waals surface area contributed by atoms with Crippen LogP contribution in [0.1, 0.15) is 10.4 Å². The molecule has 1 aliphatic heterocycles. The molecule has 0 atom stereocenters. The van der Waals surface area contributed by atoms with Crippen molar-refractivity contribution in [3.63, 3.8) is 0 Å². The summed E-state index contributed by atoms with van der Waals surface area (Å²) >= 11 is 0. The van der Waals surface area contributed by atoms with Gasteiger partial charge in [0.25, 0.3) is 5.91 Å². The molecule has 0 bridgehead atoms. The van der Waals surface area contributed by atoms with Gasteiger partial charge in [-0.1, -0.05) is 0 Å². The van der Waals surface area contributed by atoms with Crippen LogP contribution >= 0.6 is 0 Å². The van der Waals surface area contributed by atoms with Crippen molar-refractivity contribution in [2.24, 2.45) is 0 Å². The van der Waals surface area contributed by atoms with Crippen molar-refractivity contribution >= 4 is 5.91 Å². The zero-order valence-corrected chi connectivity index (χ0v) is 9.27. The second-order valence-electron chi connectivity index (χ2n) is 4.26. The fourth-order valence-electron chi connectivity index (χ4n) is 1.57. The van der Waals surface area contributed by atoms with Crippen LogP contribution in [-0.4, -0.2) is 36.2 Å². The van der Waals surface area contributed by atoms with Crippen LogP contribution < -0.4 is 10.6 Å². The monoisotopic (exact) mass is 260 g/mol. The summed E-state index contributed by atoms with van der Waals surface area (Å²) in [5, 5.41) is 14.8. The fraction of sp³-hybridized carbons (Fsp3) is 0.364. The number of benzene rings is 1. The number of nitrogens with one attached hydrogen (secondary N) is 2. The summed E-state index contributed by atoms with van der Waals surface area (Å²) in [6.45, 7) is 0.623. The summed E-state index contributed by atoms with van der Waals surface area (Å²) in [6, 6.07) is 1.22. The molecule has 1 saturated heterocycles. The van der Waals surface area contributed by atoms with Gasteiger partial charge in [-0.3, -0.25) is 4.79 Å². The van der Waals surface area contributed by atoms with E-state index in [1.165, 1.54) is 0 Å². The highest BCUT2D eigenvalue weighted by atomic mass is 19.2.